The molecule has 34 heavy (non-hydrogen) atoms. The molecule has 4 rings (SSSR count). The van der Waals surface area contributed by atoms with Gasteiger partial charge in [-0.25, -0.2) is 8.42 Å². The number of hydrogen-bond donors (Lipinski definition) is 1. The van der Waals surface area contributed by atoms with Crippen molar-refractivity contribution < 1.29 is 18.3 Å². The minimum Gasteiger partial charge on any atom is -0.502 e. The van der Waals surface area contributed by atoms with E-state index in [-0.39, 0.29) is 16.3 Å². The van der Waals surface area contributed by atoms with Crippen LogP contribution in [0, 0.1) is 13.8 Å². The van der Waals surface area contributed by atoms with Gasteiger partial charge in [0.2, 0.25) is 9.84 Å². The molecule has 1 N–H and O–H groups in total. The molecule has 0 saturated carbocycles. The van der Waals surface area contributed by atoms with Gasteiger partial charge in [0.05, 0.1) is 10.9 Å². The minimum absolute atomic E-state index is 0.0495. The molecular weight excluding hydrogens is 446 g/mol. The highest BCUT2D eigenvalue weighted by Crippen LogP contribution is 2.43. The van der Waals surface area contributed by atoms with Gasteiger partial charge in [-0.3, -0.25) is 4.79 Å². The van der Waals surface area contributed by atoms with Crippen molar-refractivity contribution in [2.45, 2.75) is 51.1 Å². The summed E-state index contributed by atoms with van der Waals surface area (Å²) in [6.07, 6.45) is 0. The van der Waals surface area contributed by atoms with Crippen LogP contribution in [0.1, 0.15) is 53.6 Å². The second-order valence-electron chi connectivity index (χ2n) is 9.17. The maximum Gasteiger partial charge on any atom is 0.290 e. The third kappa shape index (κ3) is 4.38. The third-order valence-electron chi connectivity index (χ3n) is 6.27. The Labute approximate surface area is 201 Å². The number of aliphatic hydroxyl groups is 1. The number of benzene rings is 3. The summed E-state index contributed by atoms with van der Waals surface area (Å²) in [5.41, 5.74) is 4.60. The number of carbonyl (C=O) groups is 1. The molecule has 3 aromatic carbocycles. The van der Waals surface area contributed by atoms with Gasteiger partial charge in [-0.05, 0) is 48.6 Å². The van der Waals surface area contributed by atoms with Crippen molar-refractivity contribution in [3.05, 3.63) is 111 Å². The van der Waals surface area contributed by atoms with Crippen molar-refractivity contribution in [1.29, 1.82) is 0 Å². The van der Waals surface area contributed by atoms with Crippen LogP contribution >= 0.6 is 0 Å². The summed E-state index contributed by atoms with van der Waals surface area (Å²) in [5.74, 6) is -1.10. The average molecular weight is 476 g/mol. The molecule has 0 bridgehead atoms. The molecule has 0 aliphatic carbocycles. The Balaban J connectivity index is 1.84. The first-order chi connectivity index (χ1) is 16.1. The maximum atomic E-state index is 13.7. The molecule has 0 radical (unpaired) electrons. The van der Waals surface area contributed by atoms with Crippen LogP contribution in [0.5, 0.6) is 0 Å². The number of carbonyl (C=O) groups excluding carboxylic acids is 1. The number of sulfone groups is 1. The van der Waals surface area contributed by atoms with E-state index in [1.807, 2.05) is 62.4 Å². The number of amides is 1. The van der Waals surface area contributed by atoms with Crippen LogP contribution in [-0.2, 0) is 21.2 Å². The maximum absolute atomic E-state index is 13.7. The van der Waals surface area contributed by atoms with Crippen molar-refractivity contribution >= 4 is 15.7 Å². The lowest BCUT2D eigenvalue weighted by molar-refractivity contribution is -0.130. The van der Waals surface area contributed by atoms with Crippen LogP contribution in [0.3, 0.4) is 0 Å². The number of hydrogen-bond acceptors (Lipinski definition) is 4. The number of aryl methyl sites for hydroxylation is 2. The summed E-state index contributed by atoms with van der Waals surface area (Å²) in [6, 6.07) is 20.8. The van der Waals surface area contributed by atoms with E-state index in [0.29, 0.717) is 11.5 Å². The quantitative estimate of drug-likeness (QED) is 0.492. The zero-order valence-electron chi connectivity index (χ0n) is 19.8. The van der Waals surface area contributed by atoms with E-state index in [9.17, 15) is 18.3 Å². The Morgan fingerprint density at radius 3 is 1.91 bits per heavy atom. The average Bonchev–Trinajstić information content (AvgIpc) is 3.06. The lowest BCUT2D eigenvalue weighted by Gasteiger charge is -2.27. The van der Waals surface area contributed by atoms with Crippen molar-refractivity contribution in [2.24, 2.45) is 0 Å². The minimum atomic E-state index is -4.13. The van der Waals surface area contributed by atoms with E-state index in [4.69, 9.17) is 0 Å². The van der Waals surface area contributed by atoms with Gasteiger partial charge in [-0.2, -0.15) is 0 Å². The van der Waals surface area contributed by atoms with Gasteiger partial charge in [0.15, 0.2) is 5.76 Å². The van der Waals surface area contributed by atoms with Gasteiger partial charge in [-0.1, -0.05) is 85.6 Å². The topological polar surface area (TPSA) is 74.7 Å². The summed E-state index contributed by atoms with van der Waals surface area (Å²) in [6.45, 7) is 8.18. The van der Waals surface area contributed by atoms with E-state index in [2.05, 4.69) is 13.8 Å². The number of nitrogens with zero attached hydrogens (tertiary/aromatic N) is 1. The summed E-state index contributed by atoms with van der Waals surface area (Å²) in [4.78, 5) is 14.4. The Morgan fingerprint density at radius 1 is 0.853 bits per heavy atom. The van der Waals surface area contributed by atoms with Crippen LogP contribution in [0.2, 0.25) is 0 Å². The highest BCUT2D eigenvalue weighted by molar-refractivity contribution is 7.95. The lowest BCUT2D eigenvalue weighted by Crippen LogP contribution is -2.30. The fourth-order valence-electron chi connectivity index (χ4n) is 4.20. The highest BCUT2D eigenvalue weighted by Gasteiger charge is 2.46. The van der Waals surface area contributed by atoms with Gasteiger partial charge >= 0.3 is 0 Å². The Morgan fingerprint density at radius 2 is 1.38 bits per heavy atom. The molecule has 1 heterocycles. The molecule has 1 aliphatic rings. The molecule has 1 aliphatic heterocycles. The van der Waals surface area contributed by atoms with Gasteiger partial charge in [0.1, 0.15) is 4.91 Å². The molecule has 0 saturated heterocycles. The van der Waals surface area contributed by atoms with Crippen LogP contribution in [0.15, 0.2) is 88.4 Å². The van der Waals surface area contributed by atoms with E-state index in [0.717, 1.165) is 22.3 Å². The summed E-state index contributed by atoms with van der Waals surface area (Å²) in [5, 5.41) is 10.9. The normalized spacial score (nSPS) is 16.6. The lowest BCUT2D eigenvalue weighted by atomic mass is 9.98. The molecule has 6 heteroatoms. The molecule has 0 fully saturated rings. The summed E-state index contributed by atoms with van der Waals surface area (Å²) in [7, 11) is -4.13. The van der Waals surface area contributed by atoms with Crippen LogP contribution < -0.4 is 0 Å². The third-order valence-corrected chi connectivity index (χ3v) is 8.16. The second kappa shape index (κ2) is 9.11. The standard InChI is InChI=1S/C28H29NO4S/c1-18(2)22-11-13-23(14-12-22)25-27(34(32,33)24-15-7-20(4)8-16-24)26(30)28(31)29(25)17-21-9-5-19(3)6-10-21/h5-16,18,25,30H,17H2,1-4H3/t25-/m1/s1. The zero-order valence-corrected chi connectivity index (χ0v) is 20.6. The van der Waals surface area contributed by atoms with E-state index < -0.39 is 27.5 Å². The number of rotatable bonds is 6. The fraction of sp³-hybridized carbons (Fsp3) is 0.250. The van der Waals surface area contributed by atoms with Crippen molar-refractivity contribution in [2.75, 3.05) is 0 Å². The molecule has 1 atom stereocenters. The first-order valence-corrected chi connectivity index (χ1v) is 12.8. The predicted molar refractivity (Wildman–Crippen MR) is 133 cm³/mol. The summed E-state index contributed by atoms with van der Waals surface area (Å²) >= 11 is 0. The Kier molecular flexibility index (Phi) is 6.36. The fourth-order valence-corrected chi connectivity index (χ4v) is 5.84. The van der Waals surface area contributed by atoms with E-state index in [1.54, 1.807) is 12.1 Å². The Bertz CT molecular complexity index is 1340. The molecular formula is C28H29NO4S. The Hall–Kier alpha value is -3.38. The van der Waals surface area contributed by atoms with Crippen LogP contribution in [0.25, 0.3) is 0 Å². The van der Waals surface area contributed by atoms with Crippen molar-refractivity contribution in [3.8, 4) is 0 Å². The van der Waals surface area contributed by atoms with Gasteiger partial charge < -0.3 is 10.0 Å². The summed E-state index contributed by atoms with van der Waals surface area (Å²) < 4.78 is 27.4. The van der Waals surface area contributed by atoms with Gasteiger partial charge in [0, 0.05) is 6.54 Å². The largest absolute Gasteiger partial charge is 0.502 e. The highest BCUT2D eigenvalue weighted by atomic mass is 32.2. The first-order valence-electron chi connectivity index (χ1n) is 11.3. The molecule has 0 unspecified atom stereocenters. The first kappa shape index (κ1) is 23.8. The van der Waals surface area contributed by atoms with Crippen molar-refractivity contribution in [1.82, 2.24) is 4.90 Å². The molecule has 176 valence electrons. The zero-order chi connectivity index (χ0) is 24.6. The van der Waals surface area contributed by atoms with Gasteiger partial charge in [-0.15, -0.1) is 0 Å². The SMILES string of the molecule is Cc1ccc(CN2C(=O)C(O)=C(S(=O)(=O)c3ccc(C)cc3)[C@H]2c2ccc(C(C)C)cc2)cc1. The van der Waals surface area contributed by atoms with Crippen LogP contribution in [-0.4, -0.2) is 24.3 Å². The molecule has 0 aromatic heterocycles. The van der Waals surface area contributed by atoms with Crippen LogP contribution in [0.4, 0.5) is 0 Å². The monoisotopic (exact) mass is 475 g/mol. The van der Waals surface area contributed by atoms with Gasteiger partial charge in [0.25, 0.3) is 5.91 Å². The molecule has 0 spiro atoms. The molecule has 1 amide bonds. The van der Waals surface area contributed by atoms with Crippen molar-refractivity contribution in [3.63, 3.8) is 0 Å². The molecule has 5 nitrogen and oxygen atoms in total. The second-order valence-corrected chi connectivity index (χ2v) is 11.1. The smallest absolute Gasteiger partial charge is 0.290 e. The predicted octanol–water partition coefficient (Wildman–Crippen LogP) is 5.75. The number of aliphatic hydroxyl groups excluding tert-OH is 1. The van der Waals surface area contributed by atoms with E-state index >= 15 is 0 Å². The van der Waals surface area contributed by atoms with E-state index in [1.165, 1.54) is 17.0 Å². The molecule has 3 aromatic rings.